The van der Waals surface area contributed by atoms with Crippen molar-refractivity contribution in [1.82, 2.24) is 24.0 Å². The normalized spacial score (nSPS) is 12.8. The summed E-state index contributed by atoms with van der Waals surface area (Å²) in [7, 11) is -3.58. The van der Waals surface area contributed by atoms with Crippen molar-refractivity contribution in [2.45, 2.75) is 64.1 Å². The van der Waals surface area contributed by atoms with Gasteiger partial charge in [-0.05, 0) is 39.3 Å². The highest BCUT2D eigenvalue weighted by atomic mass is 32.2. The third-order valence-electron chi connectivity index (χ3n) is 5.57. The van der Waals surface area contributed by atoms with Gasteiger partial charge < -0.3 is 4.90 Å². The third-order valence-corrected chi connectivity index (χ3v) is 8.55. The van der Waals surface area contributed by atoms with E-state index in [1.54, 1.807) is 23.1 Å². The fraction of sp³-hybridized carbons (Fsp3) is 0.591. The predicted octanol–water partition coefficient (Wildman–Crippen LogP) is 3.91. The average Bonchev–Trinajstić information content (AvgIpc) is 3.22. The summed E-state index contributed by atoms with van der Waals surface area (Å²) in [6.45, 7) is 13.9. The number of nitrogens with zero attached hydrogens (tertiary/aromatic N) is 5. The second-order valence-electron chi connectivity index (χ2n) is 7.41. The summed E-state index contributed by atoms with van der Waals surface area (Å²) < 4.78 is 29.4. The van der Waals surface area contributed by atoms with Gasteiger partial charge in [-0.25, -0.2) is 8.42 Å². The lowest BCUT2D eigenvalue weighted by Gasteiger charge is -2.20. The Bertz CT molecular complexity index is 999. The van der Waals surface area contributed by atoms with E-state index >= 15 is 0 Å². The molecule has 0 fully saturated rings. The first-order chi connectivity index (χ1) is 15.2. The topological polar surface area (TPSA) is 88.4 Å². The Morgan fingerprint density at radius 2 is 1.72 bits per heavy atom. The molecule has 2 aromatic rings. The van der Waals surface area contributed by atoms with Gasteiger partial charge >= 0.3 is 0 Å². The number of hydrogen-bond acceptors (Lipinski definition) is 6. The molecule has 32 heavy (non-hydrogen) atoms. The number of sulfonamides is 1. The Hall–Kier alpha value is -1.91. The van der Waals surface area contributed by atoms with Crippen LogP contribution >= 0.6 is 11.8 Å². The zero-order valence-electron chi connectivity index (χ0n) is 19.9. The second kappa shape index (κ2) is 11.8. The van der Waals surface area contributed by atoms with Gasteiger partial charge in [0.15, 0.2) is 11.0 Å². The molecule has 1 aromatic carbocycles. The average molecular weight is 482 g/mol. The van der Waals surface area contributed by atoms with Crippen LogP contribution in [0.5, 0.6) is 0 Å². The number of carbonyl (C=O) groups is 1. The van der Waals surface area contributed by atoms with Gasteiger partial charge in [-0.3, -0.25) is 9.36 Å². The van der Waals surface area contributed by atoms with Crippen LogP contribution in [0.1, 0.15) is 54.0 Å². The largest absolute Gasteiger partial charge is 0.343 e. The maximum atomic E-state index is 13.0. The van der Waals surface area contributed by atoms with Gasteiger partial charge in [0.1, 0.15) is 0 Å². The molecular formula is C22H35N5O3S2. The molecular weight excluding hydrogens is 446 g/mol. The van der Waals surface area contributed by atoms with Gasteiger partial charge in [0.2, 0.25) is 15.9 Å². The van der Waals surface area contributed by atoms with E-state index in [1.807, 2.05) is 38.3 Å². The molecule has 0 saturated carbocycles. The summed E-state index contributed by atoms with van der Waals surface area (Å²) in [5.74, 6) is 0.952. The molecule has 0 saturated heterocycles. The maximum absolute atomic E-state index is 13.0. The fourth-order valence-corrected chi connectivity index (χ4v) is 5.90. The highest BCUT2D eigenvalue weighted by Crippen LogP contribution is 2.30. The Morgan fingerprint density at radius 3 is 2.28 bits per heavy atom. The van der Waals surface area contributed by atoms with Crippen LogP contribution in [0.4, 0.5) is 0 Å². The van der Waals surface area contributed by atoms with Crippen LogP contribution in [0.2, 0.25) is 0 Å². The molecule has 0 N–H and O–H groups in total. The van der Waals surface area contributed by atoms with Crippen molar-refractivity contribution in [2.24, 2.45) is 0 Å². The number of rotatable bonds is 12. The first kappa shape index (κ1) is 26.3. The van der Waals surface area contributed by atoms with E-state index in [0.29, 0.717) is 42.7 Å². The van der Waals surface area contributed by atoms with Gasteiger partial charge in [-0.2, -0.15) is 4.31 Å². The van der Waals surface area contributed by atoms with Crippen LogP contribution in [0, 0.1) is 0 Å². The summed E-state index contributed by atoms with van der Waals surface area (Å²) in [6.07, 6.45) is 0.847. The van der Waals surface area contributed by atoms with Gasteiger partial charge in [0.25, 0.3) is 0 Å². The van der Waals surface area contributed by atoms with Crippen LogP contribution in [0.3, 0.4) is 0 Å². The monoisotopic (exact) mass is 481 g/mol. The van der Waals surface area contributed by atoms with Crippen molar-refractivity contribution in [3.05, 3.63) is 24.3 Å². The SMILES string of the molecule is CCC(C)n1c(SCC(=O)N(CC)CC)nnc1-c1cccc(S(=O)(=O)N(CC)CC)c1. The molecule has 1 unspecified atom stereocenters. The lowest BCUT2D eigenvalue weighted by Crippen LogP contribution is -2.32. The molecule has 0 bridgehead atoms. The number of benzene rings is 1. The summed E-state index contributed by atoms with van der Waals surface area (Å²) in [5, 5.41) is 9.39. The van der Waals surface area contributed by atoms with Crippen LogP contribution in [-0.4, -0.2) is 70.2 Å². The van der Waals surface area contributed by atoms with E-state index in [1.165, 1.54) is 16.1 Å². The van der Waals surface area contributed by atoms with Gasteiger partial charge in [-0.1, -0.05) is 44.7 Å². The molecule has 0 radical (unpaired) electrons. The van der Waals surface area contributed by atoms with E-state index in [4.69, 9.17) is 0 Å². The van der Waals surface area contributed by atoms with Crippen LogP contribution in [0.25, 0.3) is 11.4 Å². The first-order valence-electron chi connectivity index (χ1n) is 11.2. The first-order valence-corrected chi connectivity index (χ1v) is 13.6. The molecule has 8 nitrogen and oxygen atoms in total. The zero-order chi connectivity index (χ0) is 23.9. The smallest absolute Gasteiger partial charge is 0.243 e. The zero-order valence-corrected chi connectivity index (χ0v) is 21.5. The molecule has 1 atom stereocenters. The van der Waals surface area contributed by atoms with Crippen molar-refractivity contribution < 1.29 is 13.2 Å². The van der Waals surface area contributed by atoms with Crippen LogP contribution in [0.15, 0.2) is 34.3 Å². The number of carbonyl (C=O) groups excluding carboxylic acids is 1. The lowest BCUT2D eigenvalue weighted by molar-refractivity contribution is -0.127. The van der Waals surface area contributed by atoms with Crippen molar-refractivity contribution in [3.8, 4) is 11.4 Å². The highest BCUT2D eigenvalue weighted by molar-refractivity contribution is 7.99. The highest BCUT2D eigenvalue weighted by Gasteiger charge is 2.24. The van der Waals surface area contributed by atoms with E-state index in [9.17, 15) is 13.2 Å². The molecule has 178 valence electrons. The third kappa shape index (κ3) is 5.71. The van der Waals surface area contributed by atoms with Crippen molar-refractivity contribution in [2.75, 3.05) is 31.9 Å². The van der Waals surface area contributed by atoms with E-state index in [0.717, 1.165) is 6.42 Å². The minimum atomic E-state index is -3.58. The van der Waals surface area contributed by atoms with Gasteiger partial charge in [-0.15, -0.1) is 10.2 Å². The minimum absolute atomic E-state index is 0.0626. The van der Waals surface area contributed by atoms with Gasteiger partial charge in [0, 0.05) is 37.8 Å². The molecule has 1 aromatic heterocycles. The quantitative estimate of drug-likeness (QED) is 0.427. The second-order valence-corrected chi connectivity index (χ2v) is 10.3. The van der Waals surface area contributed by atoms with E-state index in [-0.39, 0.29) is 22.6 Å². The number of thioether (sulfide) groups is 1. The van der Waals surface area contributed by atoms with Crippen molar-refractivity contribution in [1.29, 1.82) is 0 Å². The van der Waals surface area contributed by atoms with E-state index in [2.05, 4.69) is 24.0 Å². The molecule has 10 heteroatoms. The molecule has 0 aliphatic heterocycles. The van der Waals surface area contributed by atoms with Crippen LogP contribution < -0.4 is 0 Å². The Kier molecular flexibility index (Phi) is 9.72. The summed E-state index contributed by atoms with van der Waals surface area (Å²) in [5.41, 5.74) is 0.688. The predicted molar refractivity (Wildman–Crippen MR) is 129 cm³/mol. The van der Waals surface area contributed by atoms with Gasteiger partial charge in [0.05, 0.1) is 10.6 Å². The molecule has 1 amide bonds. The van der Waals surface area contributed by atoms with Crippen molar-refractivity contribution >= 4 is 27.7 Å². The van der Waals surface area contributed by atoms with E-state index < -0.39 is 10.0 Å². The number of aromatic nitrogens is 3. The Balaban J connectivity index is 2.43. The Morgan fingerprint density at radius 1 is 1.06 bits per heavy atom. The number of amides is 1. The minimum Gasteiger partial charge on any atom is -0.343 e. The molecule has 0 spiro atoms. The van der Waals surface area contributed by atoms with Crippen molar-refractivity contribution in [3.63, 3.8) is 0 Å². The van der Waals surface area contributed by atoms with Crippen LogP contribution in [-0.2, 0) is 14.8 Å². The lowest BCUT2D eigenvalue weighted by atomic mass is 10.2. The maximum Gasteiger partial charge on any atom is 0.243 e. The summed E-state index contributed by atoms with van der Waals surface area (Å²) in [4.78, 5) is 14.5. The molecule has 0 aliphatic carbocycles. The summed E-state index contributed by atoms with van der Waals surface area (Å²) in [6, 6.07) is 6.94. The Labute approximate surface area is 196 Å². The summed E-state index contributed by atoms with van der Waals surface area (Å²) >= 11 is 1.37. The molecule has 0 aliphatic rings. The standard InChI is InChI=1S/C22H35N5O3S2/c1-7-17(6)27-21(23-24-22(27)31-16-20(28)25(8-2)9-3)18-13-12-14-19(15-18)32(29,30)26(10-4)11-5/h12-15,17H,7-11,16H2,1-6H3. The molecule has 2 rings (SSSR count). The fourth-order valence-electron chi connectivity index (χ4n) is 3.45. The number of hydrogen-bond donors (Lipinski definition) is 0. The molecule has 1 heterocycles.